The lowest BCUT2D eigenvalue weighted by Crippen LogP contribution is -2.40. The smallest absolute Gasteiger partial charge is 0.311 e. The second kappa shape index (κ2) is 7.36. The molecule has 1 atom stereocenters. The van der Waals surface area contributed by atoms with Gasteiger partial charge in [0, 0.05) is 30.9 Å². The molecule has 1 aromatic heterocycles. The zero-order valence-corrected chi connectivity index (χ0v) is 15.4. The molecule has 1 aliphatic heterocycles. The first kappa shape index (κ1) is 18.2. The van der Waals surface area contributed by atoms with Crippen LogP contribution in [0.3, 0.4) is 0 Å². The van der Waals surface area contributed by atoms with Crippen molar-refractivity contribution in [2.45, 2.75) is 33.1 Å². The number of carboxylic acids is 1. The molecule has 5 heteroatoms. The fourth-order valence-electron chi connectivity index (χ4n) is 3.71. The minimum absolute atomic E-state index is 0.00892. The van der Waals surface area contributed by atoms with E-state index >= 15 is 0 Å². The Kier molecular flexibility index (Phi) is 5.16. The van der Waals surface area contributed by atoms with Crippen LogP contribution in [0.5, 0.6) is 0 Å². The van der Waals surface area contributed by atoms with Crippen LogP contribution >= 0.6 is 0 Å². The molecule has 138 valence electrons. The number of carbonyl (C=O) groups excluding carboxylic acids is 1. The van der Waals surface area contributed by atoms with Crippen LogP contribution in [0.25, 0.3) is 11.3 Å². The lowest BCUT2D eigenvalue weighted by molar-refractivity contribution is -0.151. The third-order valence-electron chi connectivity index (χ3n) is 5.62. The molecular formula is C21H26N2O3. The van der Waals surface area contributed by atoms with E-state index in [0.717, 1.165) is 17.0 Å². The van der Waals surface area contributed by atoms with E-state index in [9.17, 15) is 14.7 Å². The highest BCUT2D eigenvalue weighted by Gasteiger charge is 2.48. The van der Waals surface area contributed by atoms with E-state index in [4.69, 9.17) is 0 Å². The molecule has 2 heterocycles. The Hall–Kier alpha value is -2.56. The first-order valence-electron chi connectivity index (χ1n) is 9.17. The van der Waals surface area contributed by atoms with E-state index in [2.05, 4.69) is 4.98 Å². The summed E-state index contributed by atoms with van der Waals surface area (Å²) in [4.78, 5) is 29.3. The Morgan fingerprint density at radius 2 is 1.92 bits per heavy atom. The number of nitrogens with zero attached hydrogens (tertiary/aromatic N) is 1. The van der Waals surface area contributed by atoms with Gasteiger partial charge >= 0.3 is 5.97 Å². The molecule has 3 rings (SSSR count). The van der Waals surface area contributed by atoms with Gasteiger partial charge in [-0.15, -0.1) is 0 Å². The van der Waals surface area contributed by atoms with Crippen LogP contribution < -0.4 is 0 Å². The molecule has 0 radical (unpaired) electrons. The Labute approximate surface area is 154 Å². The van der Waals surface area contributed by atoms with Crippen LogP contribution in [0.2, 0.25) is 0 Å². The fourth-order valence-corrected chi connectivity index (χ4v) is 3.71. The number of aromatic nitrogens is 1. The van der Waals surface area contributed by atoms with Crippen molar-refractivity contribution < 1.29 is 14.7 Å². The average molecular weight is 354 g/mol. The number of carboxylic acid groups (broad SMARTS) is 1. The normalized spacial score (nSPS) is 19.9. The van der Waals surface area contributed by atoms with Crippen LogP contribution in [0.4, 0.5) is 0 Å². The zero-order valence-electron chi connectivity index (χ0n) is 15.4. The van der Waals surface area contributed by atoms with Gasteiger partial charge in [0.05, 0.1) is 5.41 Å². The molecule has 26 heavy (non-hydrogen) atoms. The van der Waals surface area contributed by atoms with Gasteiger partial charge in [-0.1, -0.05) is 44.2 Å². The molecule has 0 spiro atoms. The number of likely N-dealkylation sites (tertiary alicyclic amines) is 1. The SMILES string of the molecule is CC(C)C1(C(=O)O)CCN(C(=O)CCc2ccc(-c3ccccc3)[nH]2)C1. The molecule has 0 bridgehead atoms. The molecule has 1 aromatic carbocycles. The molecule has 0 saturated carbocycles. The second-order valence-corrected chi connectivity index (χ2v) is 7.44. The standard InChI is InChI=1S/C21H26N2O3/c1-15(2)21(20(25)26)12-13-23(14-21)19(24)11-9-17-8-10-18(22-17)16-6-4-3-5-7-16/h3-8,10,15,22H,9,11-14H2,1-2H3,(H,25,26). The van der Waals surface area contributed by atoms with E-state index in [1.807, 2.05) is 56.3 Å². The number of nitrogens with one attached hydrogen (secondary N) is 1. The molecule has 0 aliphatic carbocycles. The van der Waals surface area contributed by atoms with Crippen molar-refractivity contribution in [2.75, 3.05) is 13.1 Å². The average Bonchev–Trinajstić information content (AvgIpc) is 3.28. The molecule has 1 saturated heterocycles. The van der Waals surface area contributed by atoms with Crippen LogP contribution in [-0.4, -0.2) is 40.0 Å². The topological polar surface area (TPSA) is 73.4 Å². The number of H-pyrrole nitrogens is 1. The highest BCUT2D eigenvalue weighted by molar-refractivity contribution is 5.81. The summed E-state index contributed by atoms with van der Waals surface area (Å²) in [5.74, 6) is -0.751. The van der Waals surface area contributed by atoms with Crippen LogP contribution in [0.15, 0.2) is 42.5 Å². The predicted octanol–water partition coefficient (Wildman–Crippen LogP) is 3.57. The van der Waals surface area contributed by atoms with Crippen molar-refractivity contribution in [3.05, 3.63) is 48.2 Å². The fraction of sp³-hybridized carbons (Fsp3) is 0.429. The number of carbonyl (C=O) groups is 2. The van der Waals surface area contributed by atoms with Gasteiger partial charge in [0.25, 0.3) is 0 Å². The largest absolute Gasteiger partial charge is 0.481 e. The maximum absolute atomic E-state index is 12.5. The summed E-state index contributed by atoms with van der Waals surface area (Å²) >= 11 is 0. The van der Waals surface area contributed by atoms with E-state index in [0.29, 0.717) is 32.4 Å². The lowest BCUT2D eigenvalue weighted by atomic mass is 9.76. The number of hydrogen-bond donors (Lipinski definition) is 2. The number of rotatable bonds is 6. The number of amides is 1. The lowest BCUT2D eigenvalue weighted by Gasteiger charge is -2.28. The Balaban J connectivity index is 1.58. The molecular weight excluding hydrogens is 328 g/mol. The summed E-state index contributed by atoms with van der Waals surface area (Å²) < 4.78 is 0. The molecule has 1 amide bonds. The molecule has 2 N–H and O–H groups in total. The predicted molar refractivity (Wildman–Crippen MR) is 101 cm³/mol. The summed E-state index contributed by atoms with van der Waals surface area (Å²) in [6.45, 7) is 4.69. The van der Waals surface area contributed by atoms with Gasteiger partial charge in [0.2, 0.25) is 5.91 Å². The van der Waals surface area contributed by atoms with Gasteiger partial charge in [0.15, 0.2) is 0 Å². The Bertz CT molecular complexity index is 782. The van der Waals surface area contributed by atoms with Gasteiger partial charge in [0.1, 0.15) is 0 Å². The van der Waals surface area contributed by atoms with Crippen molar-refractivity contribution in [1.82, 2.24) is 9.88 Å². The first-order chi connectivity index (χ1) is 12.4. The summed E-state index contributed by atoms with van der Waals surface area (Å²) in [5, 5.41) is 9.61. The number of aliphatic carboxylic acids is 1. The summed E-state index contributed by atoms with van der Waals surface area (Å²) in [6, 6.07) is 14.1. The maximum atomic E-state index is 12.5. The Morgan fingerprint density at radius 1 is 1.19 bits per heavy atom. The quantitative estimate of drug-likeness (QED) is 0.833. The van der Waals surface area contributed by atoms with Crippen molar-refractivity contribution >= 4 is 11.9 Å². The van der Waals surface area contributed by atoms with Crippen LogP contribution in [0.1, 0.15) is 32.4 Å². The minimum Gasteiger partial charge on any atom is -0.481 e. The third kappa shape index (κ3) is 3.52. The van der Waals surface area contributed by atoms with Gasteiger partial charge < -0.3 is 15.0 Å². The third-order valence-corrected chi connectivity index (χ3v) is 5.62. The zero-order chi connectivity index (χ0) is 18.7. The van der Waals surface area contributed by atoms with Crippen LogP contribution in [0, 0.1) is 11.3 Å². The van der Waals surface area contributed by atoms with Gasteiger partial charge in [-0.25, -0.2) is 0 Å². The minimum atomic E-state index is -0.803. The molecule has 1 fully saturated rings. The number of benzene rings is 1. The van der Waals surface area contributed by atoms with Crippen molar-refractivity contribution in [2.24, 2.45) is 11.3 Å². The van der Waals surface area contributed by atoms with E-state index in [-0.39, 0.29) is 11.8 Å². The second-order valence-electron chi connectivity index (χ2n) is 7.44. The number of hydrogen-bond acceptors (Lipinski definition) is 2. The summed E-state index contributed by atoms with van der Waals surface area (Å²) in [6.07, 6.45) is 1.55. The van der Waals surface area contributed by atoms with E-state index in [1.54, 1.807) is 4.90 Å². The van der Waals surface area contributed by atoms with Gasteiger partial charge in [-0.05, 0) is 36.5 Å². The molecule has 1 unspecified atom stereocenters. The molecule has 1 aliphatic rings. The number of aryl methyl sites for hydroxylation is 1. The van der Waals surface area contributed by atoms with E-state index < -0.39 is 11.4 Å². The van der Waals surface area contributed by atoms with Crippen LogP contribution in [-0.2, 0) is 16.0 Å². The number of aromatic amines is 1. The van der Waals surface area contributed by atoms with Gasteiger partial charge in [-0.3, -0.25) is 9.59 Å². The maximum Gasteiger partial charge on any atom is 0.311 e. The highest BCUT2D eigenvalue weighted by Crippen LogP contribution is 2.38. The van der Waals surface area contributed by atoms with Gasteiger partial charge in [-0.2, -0.15) is 0 Å². The van der Waals surface area contributed by atoms with E-state index in [1.165, 1.54) is 0 Å². The monoisotopic (exact) mass is 354 g/mol. The molecule has 5 nitrogen and oxygen atoms in total. The Morgan fingerprint density at radius 3 is 2.54 bits per heavy atom. The van der Waals surface area contributed by atoms with Crippen molar-refractivity contribution in [3.8, 4) is 11.3 Å². The van der Waals surface area contributed by atoms with Crippen molar-refractivity contribution in [1.29, 1.82) is 0 Å². The molecule has 2 aromatic rings. The summed E-state index contributed by atoms with van der Waals surface area (Å²) in [5.41, 5.74) is 2.37. The first-order valence-corrected chi connectivity index (χ1v) is 9.17. The summed E-state index contributed by atoms with van der Waals surface area (Å²) in [7, 11) is 0. The highest BCUT2D eigenvalue weighted by atomic mass is 16.4. The van der Waals surface area contributed by atoms with Crippen molar-refractivity contribution in [3.63, 3.8) is 0 Å².